The minimum Gasteiger partial charge on any atom is -0.235 e. The molecule has 96 valence electrons. The lowest BCUT2D eigenvalue weighted by Crippen LogP contribution is -1.96. The highest BCUT2D eigenvalue weighted by Gasteiger charge is 2.16. The van der Waals surface area contributed by atoms with E-state index in [1.807, 2.05) is 11.3 Å². The lowest BCUT2D eigenvalue weighted by atomic mass is 9.99. The summed E-state index contributed by atoms with van der Waals surface area (Å²) in [4.78, 5) is 12.5. The molecule has 4 rings (SSSR count). The molecule has 0 saturated heterocycles. The van der Waals surface area contributed by atoms with Gasteiger partial charge in [0.05, 0.1) is 10.2 Å². The molecule has 0 radical (unpaired) electrons. The van der Waals surface area contributed by atoms with Gasteiger partial charge < -0.3 is 0 Å². The first-order chi connectivity index (χ1) is 9.31. The van der Waals surface area contributed by atoms with Crippen LogP contribution in [0.25, 0.3) is 20.0 Å². The monoisotopic (exact) mass is 306 g/mol. The van der Waals surface area contributed by atoms with Gasteiger partial charge in [0.25, 0.3) is 0 Å². The fourth-order valence-corrected chi connectivity index (χ4v) is 5.13. The zero-order valence-electron chi connectivity index (χ0n) is 10.1. The van der Waals surface area contributed by atoms with Gasteiger partial charge in [-0.15, -0.1) is 22.7 Å². The van der Waals surface area contributed by atoms with Gasteiger partial charge in [0.1, 0.15) is 11.5 Å². The third-order valence-corrected chi connectivity index (χ3v) is 6.47. The van der Waals surface area contributed by atoms with Crippen LogP contribution < -0.4 is 0 Å². The molecular weight excluding hydrogens is 296 g/mol. The molecular formula is C14H11ClN2S2. The van der Waals surface area contributed by atoms with Crippen molar-refractivity contribution in [1.82, 2.24) is 9.97 Å². The molecule has 1 aliphatic rings. The number of hydrogen-bond donors (Lipinski definition) is 0. The molecule has 0 unspecified atom stereocenters. The highest BCUT2D eigenvalue weighted by molar-refractivity contribution is 7.26. The van der Waals surface area contributed by atoms with Crippen LogP contribution in [0.4, 0.5) is 0 Å². The lowest BCUT2D eigenvalue weighted by molar-refractivity contribution is 0.697. The molecule has 0 fully saturated rings. The first kappa shape index (κ1) is 11.8. The quantitative estimate of drug-likeness (QED) is 0.594. The maximum Gasteiger partial charge on any atom is 0.150 e. The van der Waals surface area contributed by atoms with E-state index in [2.05, 4.69) is 22.1 Å². The summed E-state index contributed by atoms with van der Waals surface area (Å²) >= 11 is 9.74. The summed E-state index contributed by atoms with van der Waals surface area (Å²) in [6, 6.07) is 4.48. The molecule has 0 spiro atoms. The summed E-state index contributed by atoms with van der Waals surface area (Å²) in [6.07, 6.45) is 6.66. The van der Waals surface area contributed by atoms with Crippen LogP contribution in [0.15, 0.2) is 18.5 Å². The largest absolute Gasteiger partial charge is 0.235 e. The molecule has 0 aliphatic heterocycles. The van der Waals surface area contributed by atoms with Crippen molar-refractivity contribution in [3.63, 3.8) is 0 Å². The summed E-state index contributed by atoms with van der Waals surface area (Å²) in [6.45, 7) is 0. The van der Waals surface area contributed by atoms with E-state index >= 15 is 0 Å². The third kappa shape index (κ3) is 1.98. The van der Waals surface area contributed by atoms with Gasteiger partial charge >= 0.3 is 0 Å². The average molecular weight is 307 g/mol. The van der Waals surface area contributed by atoms with E-state index in [0.29, 0.717) is 5.15 Å². The Balaban J connectivity index is 1.85. The van der Waals surface area contributed by atoms with Gasteiger partial charge in [-0.3, -0.25) is 0 Å². The molecule has 3 aromatic rings. The number of halogens is 1. The second-order valence-corrected chi connectivity index (χ2v) is 7.30. The second-order valence-electron chi connectivity index (χ2n) is 4.76. The molecule has 0 atom stereocenters. The summed E-state index contributed by atoms with van der Waals surface area (Å²) in [5, 5.41) is 0.558. The predicted molar refractivity (Wildman–Crippen MR) is 82.4 cm³/mol. The van der Waals surface area contributed by atoms with E-state index in [4.69, 9.17) is 11.6 Å². The van der Waals surface area contributed by atoms with Crippen molar-refractivity contribution in [3.05, 3.63) is 34.1 Å². The van der Waals surface area contributed by atoms with Crippen LogP contribution >= 0.6 is 34.3 Å². The van der Waals surface area contributed by atoms with Gasteiger partial charge in [0, 0.05) is 14.6 Å². The summed E-state index contributed by atoms with van der Waals surface area (Å²) in [5.41, 5.74) is 2.49. The molecule has 0 amide bonds. The number of aryl methyl sites for hydroxylation is 2. The first-order valence-electron chi connectivity index (χ1n) is 6.33. The highest BCUT2D eigenvalue weighted by Crippen LogP contribution is 2.41. The van der Waals surface area contributed by atoms with Crippen LogP contribution in [0.5, 0.6) is 0 Å². The predicted octanol–water partition coefficient (Wildman–Crippen LogP) is 4.95. The van der Waals surface area contributed by atoms with E-state index in [1.54, 1.807) is 21.8 Å². The Hall–Kier alpha value is -0.970. The van der Waals surface area contributed by atoms with Gasteiger partial charge in [0.2, 0.25) is 0 Å². The topological polar surface area (TPSA) is 25.8 Å². The minimum atomic E-state index is 0.558. The standard InChI is InChI=1S/C14H11ClN2S2/c15-14-13-9(16-7-17-14)6-12(19-13)11-5-8-3-1-2-4-10(8)18-11/h5-7H,1-4H2. The van der Waals surface area contributed by atoms with E-state index in [0.717, 1.165) is 10.2 Å². The Morgan fingerprint density at radius 3 is 2.68 bits per heavy atom. The van der Waals surface area contributed by atoms with Crippen molar-refractivity contribution < 1.29 is 0 Å². The minimum absolute atomic E-state index is 0.558. The molecule has 5 heteroatoms. The van der Waals surface area contributed by atoms with Gasteiger partial charge in [-0.2, -0.15) is 0 Å². The number of hydrogen-bond acceptors (Lipinski definition) is 4. The number of nitrogens with zero attached hydrogens (tertiary/aromatic N) is 2. The molecule has 0 N–H and O–H groups in total. The molecule has 2 nitrogen and oxygen atoms in total. The van der Waals surface area contributed by atoms with Gasteiger partial charge in [-0.05, 0) is 43.4 Å². The Kier molecular flexibility index (Phi) is 2.83. The Morgan fingerprint density at radius 2 is 1.84 bits per heavy atom. The average Bonchev–Trinajstić information content (AvgIpc) is 3.02. The van der Waals surface area contributed by atoms with Crippen LogP contribution in [-0.2, 0) is 12.8 Å². The van der Waals surface area contributed by atoms with Gasteiger partial charge in [0.15, 0.2) is 0 Å². The number of thiophene rings is 2. The van der Waals surface area contributed by atoms with E-state index in [-0.39, 0.29) is 0 Å². The molecule has 19 heavy (non-hydrogen) atoms. The Labute approximate surface area is 124 Å². The van der Waals surface area contributed by atoms with Crippen LogP contribution in [0.1, 0.15) is 23.3 Å². The highest BCUT2D eigenvalue weighted by atomic mass is 35.5. The lowest BCUT2D eigenvalue weighted by Gasteiger charge is -2.08. The Morgan fingerprint density at radius 1 is 1.00 bits per heavy atom. The number of fused-ring (bicyclic) bond motifs is 2. The van der Waals surface area contributed by atoms with Crippen molar-refractivity contribution in [3.8, 4) is 9.75 Å². The van der Waals surface area contributed by atoms with Gasteiger partial charge in [-0.1, -0.05) is 11.6 Å². The van der Waals surface area contributed by atoms with Crippen molar-refractivity contribution in [2.45, 2.75) is 25.7 Å². The van der Waals surface area contributed by atoms with Crippen LogP contribution in [0, 0.1) is 0 Å². The maximum absolute atomic E-state index is 6.12. The van der Waals surface area contributed by atoms with E-state index in [1.165, 1.54) is 41.8 Å². The molecule has 0 saturated carbocycles. The summed E-state index contributed by atoms with van der Waals surface area (Å²) in [7, 11) is 0. The fourth-order valence-electron chi connectivity index (χ4n) is 2.56. The van der Waals surface area contributed by atoms with Gasteiger partial charge in [-0.25, -0.2) is 9.97 Å². The number of aromatic nitrogens is 2. The van der Waals surface area contributed by atoms with Crippen LogP contribution in [-0.4, -0.2) is 9.97 Å². The molecule has 1 aliphatic carbocycles. The third-order valence-electron chi connectivity index (χ3n) is 3.51. The zero-order chi connectivity index (χ0) is 12.8. The molecule has 3 heterocycles. The van der Waals surface area contributed by atoms with Crippen molar-refractivity contribution in [2.75, 3.05) is 0 Å². The normalized spacial score (nSPS) is 14.8. The smallest absolute Gasteiger partial charge is 0.150 e. The van der Waals surface area contributed by atoms with Crippen molar-refractivity contribution >= 4 is 44.5 Å². The summed E-state index contributed by atoms with van der Waals surface area (Å²) < 4.78 is 0.991. The van der Waals surface area contributed by atoms with E-state index in [9.17, 15) is 0 Å². The maximum atomic E-state index is 6.12. The van der Waals surface area contributed by atoms with Crippen molar-refractivity contribution in [2.24, 2.45) is 0 Å². The number of rotatable bonds is 1. The van der Waals surface area contributed by atoms with Crippen LogP contribution in [0.2, 0.25) is 5.15 Å². The molecule has 0 bridgehead atoms. The van der Waals surface area contributed by atoms with Crippen LogP contribution in [0.3, 0.4) is 0 Å². The zero-order valence-corrected chi connectivity index (χ0v) is 12.5. The molecule has 0 aromatic carbocycles. The summed E-state index contributed by atoms with van der Waals surface area (Å²) in [5.74, 6) is 0. The molecule has 3 aromatic heterocycles. The van der Waals surface area contributed by atoms with E-state index < -0.39 is 0 Å². The second kappa shape index (κ2) is 4.54. The fraction of sp³-hybridized carbons (Fsp3) is 0.286. The van der Waals surface area contributed by atoms with Crippen molar-refractivity contribution in [1.29, 1.82) is 0 Å². The Bertz CT molecular complexity index is 736. The SMILES string of the molecule is Clc1ncnc2cc(-c3cc4c(s3)CCCC4)sc12. The first-order valence-corrected chi connectivity index (χ1v) is 8.34.